The molecule has 0 spiro atoms. The molecule has 1 aliphatic rings. The number of hydrogen-bond donors (Lipinski definition) is 1. The number of carbonyl (C=O) groups is 1. The molecule has 3 aromatic rings. The monoisotopic (exact) mass is 445 g/mol. The van der Waals surface area contributed by atoms with Crippen molar-refractivity contribution in [1.82, 2.24) is 14.9 Å². The highest BCUT2D eigenvalue weighted by atomic mass is 32.2. The second-order valence-electron chi connectivity index (χ2n) is 7.00. The molecule has 1 aliphatic heterocycles. The van der Waals surface area contributed by atoms with Gasteiger partial charge in [0.25, 0.3) is 5.56 Å². The molecule has 1 atom stereocenters. The first-order chi connectivity index (χ1) is 14.6. The summed E-state index contributed by atoms with van der Waals surface area (Å²) in [6.45, 7) is 1.66. The molecule has 0 unspecified atom stereocenters. The van der Waals surface area contributed by atoms with E-state index in [0.717, 1.165) is 30.8 Å². The van der Waals surface area contributed by atoms with Crippen LogP contribution in [0.25, 0.3) is 10.2 Å². The summed E-state index contributed by atoms with van der Waals surface area (Å²) in [6.07, 6.45) is 2.12. The quantitative estimate of drug-likeness (QED) is 0.424. The molecule has 0 bridgehead atoms. The van der Waals surface area contributed by atoms with Crippen molar-refractivity contribution in [3.8, 4) is 5.75 Å². The summed E-state index contributed by atoms with van der Waals surface area (Å²) >= 11 is 2.66. The van der Waals surface area contributed by atoms with Crippen LogP contribution in [0.5, 0.6) is 5.75 Å². The topological polar surface area (TPSA) is 82.4 Å². The summed E-state index contributed by atoms with van der Waals surface area (Å²) in [6, 6.07) is 9.41. The van der Waals surface area contributed by atoms with Gasteiger partial charge in [0.1, 0.15) is 10.4 Å². The summed E-state index contributed by atoms with van der Waals surface area (Å²) in [7, 11) is 1.62. The molecule has 1 N–H and O–H groups in total. The number of nitrogens with one attached hydrogen (secondary N) is 1. The zero-order valence-electron chi connectivity index (χ0n) is 16.6. The third-order valence-corrected chi connectivity index (χ3v) is 6.78. The molecule has 1 amide bonds. The van der Waals surface area contributed by atoms with Gasteiger partial charge in [-0.25, -0.2) is 4.98 Å². The Kier molecular flexibility index (Phi) is 6.71. The Hall–Kier alpha value is -2.36. The first kappa shape index (κ1) is 20.9. The molecule has 0 saturated carbocycles. The van der Waals surface area contributed by atoms with Gasteiger partial charge in [-0.15, -0.1) is 11.3 Å². The molecule has 2 aromatic heterocycles. The van der Waals surface area contributed by atoms with Crippen molar-refractivity contribution in [2.24, 2.45) is 0 Å². The minimum atomic E-state index is -0.0915. The number of rotatable bonds is 8. The van der Waals surface area contributed by atoms with E-state index in [2.05, 4.69) is 10.3 Å². The number of ether oxygens (including phenoxy) is 2. The van der Waals surface area contributed by atoms with Gasteiger partial charge in [-0.05, 0) is 42.0 Å². The molecule has 9 heteroatoms. The summed E-state index contributed by atoms with van der Waals surface area (Å²) in [4.78, 5) is 30.0. The summed E-state index contributed by atoms with van der Waals surface area (Å²) < 4.78 is 13.0. The van der Waals surface area contributed by atoms with Crippen LogP contribution >= 0.6 is 23.1 Å². The van der Waals surface area contributed by atoms with E-state index in [9.17, 15) is 9.59 Å². The van der Waals surface area contributed by atoms with Gasteiger partial charge < -0.3 is 14.8 Å². The van der Waals surface area contributed by atoms with Crippen molar-refractivity contribution < 1.29 is 14.3 Å². The van der Waals surface area contributed by atoms with Gasteiger partial charge in [0.15, 0.2) is 5.16 Å². The summed E-state index contributed by atoms with van der Waals surface area (Å²) in [5.41, 5.74) is 1.53. The fourth-order valence-electron chi connectivity index (χ4n) is 3.30. The van der Waals surface area contributed by atoms with E-state index in [1.807, 2.05) is 35.7 Å². The van der Waals surface area contributed by atoms with Gasteiger partial charge in [-0.3, -0.25) is 14.2 Å². The Morgan fingerprint density at radius 1 is 1.37 bits per heavy atom. The van der Waals surface area contributed by atoms with Crippen LogP contribution in [-0.4, -0.2) is 47.6 Å². The largest absolute Gasteiger partial charge is 0.497 e. The fraction of sp³-hybridized carbons (Fsp3) is 0.381. The number of nitrogens with zero attached hydrogens (tertiary/aromatic N) is 2. The Morgan fingerprint density at radius 3 is 2.93 bits per heavy atom. The van der Waals surface area contributed by atoms with Crippen molar-refractivity contribution in [3.63, 3.8) is 0 Å². The summed E-state index contributed by atoms with van der Waals surface area (Å²) in [5, 5.41) is 5.31. The lowest BCUT2D eigenvalue weighted by atomic mass is 10.2. The van der Waals surface area contributed by atoms with Gasteiger partial charge >= 0.3 is 0 Å². The third kappa shape index (κ3) is 4.85. The average molecular weight is 446 g/mol. The lowest BCUT2D eigenvalue weighted by molar-refractivity contribution is -0.119. The van der Waals surface area contributed by atoms with Crippen LogP contribution in [0.4, 0.5) is 0 Å². The maximum absolute atomic E-state index is 13.1. The first-order valence-corrected chi connectivity index (χ1v) is 11.6. The maximum Gasteiger partial charge on any atom is 0.272 e. The number of amides is 1. The van der Waals surface area contributed by atoms with Crippen LogP contribution in [0, 0.1) is 0 Å². The number of thiophene rings is 1. The zero-order valence-corrected chi connectivity index (χ0v) is 18.3. The number of fused-ring (bicyclic) bond motifs is 1. The minimum Gasteiger partial charge on any atom is -0.497 e. The van der Waals surface area contributed by atoms with Gasteiger partial charge in [0.2, 0.25) is 5.91 Å². The Bertz CT molecular complexity index is 1070. The number of aromatic nitrogens is 2. The van der Waals surface area contributed by atoms with Crippen LogP contribution in [-0.2, 0) is 16.1 Å². The summed E-state index contributed by atoms with van der Waals surface area (Å²) in [5.74, 6) is 0.860. The maximum atomic E-state index is 13.1. The van der Waals surface area contributed by atoms with E-state index in [1.54, 1.807) is 11.7 Å². The van der Waals surface area contributed by atoms with Crippen LogP contribution in [0.1, 0.15) is 18.4 Å². The second kappa shape index (κ2) is 9.63. The average Bonchev–Trinajstić information content (AvgIpc) is 3.45. The van der Waals surface area contributed by atoms with Gasteiger partial charge in [-0.2, -0.15) is 0 Å². The predicted molar refractivity (Wildman–Crippen MR) is 119 cm³/mol. The fourth-order valence-corrected chi connectivity index (χ4v) is 4.91. The molecule has 158 valence electrons. The standard InChI is InChI=1S/C21H23N3O4S2/c1-27-15-6-4-14(5-7-15)12-24-20(26)19-17(8-10-29-19)23-21(24)30-13-18(25)22-11-16-3-2-9-28-16/h4-8,10,16H,2-3,9,11-13H2,1H3,(H,22,25)/t16-/m1/s1. The van der Waals surface area contributed by atoms with E-state index in [4.69, 9.17) is 9.47 Å². The second-order valence-corrected chi connectivity index (χ2v) is 8.86. The van der Waals surface area contributed by atoms with E-state index in [0.29, 0.717) is 28.5 Å². The number of thioether (sulfide) groups is 1. The molecule has 7 nitrogen and oxygen atoms in total. The molecule has 1 fully saturated rings. The van der Waals surface area contributed by atoms with Gasteiger partial charge in [0, 0.05) is 13.2 Å². The van der Waals surface area contributed by atoms with Crippen LogP contribution in [0.3, 0.4) is 0 Å². The van der Waals surface area contributed by atoms with Crippen LogP contribution in [0.2, 0.25) is 0 Å². The van der Waals surface area contributed by atoms with E-state index in [1.165, 1.54) is 23.1 Å². The molecule has 4 rings (SSSR count). The van der Waals surface area contributed by atoms with Crippen LogP contribution in [0.15, 0.2) is 45.7 Å². The highest BCUT2D eigenvalue weighted by molar-refractivity contribution is 7.99. The van der Waals surface area contributed by atoms with Crippen molar-refractivity contribution in [1.29, 1.82) is 0 Å². The molecule has 1 aromatic carbocycles. The molecular weight excluding hydrogens is 422 g/mol. The molecule has 30 heavy (non-hydrogen) atoms. The molecule has 3 heterocycles. The molecule has 0 aliphatic carbocycles. The van der Waals surface area contributed by atoms with Gasteiger partial charge in [-0.1, -0.05) is 23.9 Å². The Labute approximate surface area is 182 Å². The number of methoxy groups -OCH3 is 1. The predicted octanol–water partition coefficient (Wildman–Crippen LogP) is 2.90. The van der Waals surface area contributed by atoms with Crippen molar-refractivity contribution in [2.75, 3.05) is 26.0 Å². The van der Waals surface area contributed by atoms with E-state index in [-0.39, 0.29) is 23.3 Å². The first-order valence-electron chi connectivity index (χ1n) is 9.76. The zero-order chi connectivity index (χ0) is 20.9. The van der Waals surface area contributed by atoms with E-state index < -0.39 is 0 Å². The van der Waals surface area contributed by atoms with Crippen LogP contribution < -0.4 is 15.6 Å². The minimum absolute atomic E-state index is 0.0897. The van der Waals surface area contributed by atoms with Crippen molar-refractivity contribution in [3.05, 3.63) is 51.6 Å². The smallest absolute Gasteiger partial charge is 0.272 e. The normalized spacial score (nSPS) is 16.1. The third-order valence-electron chi connectivity index (χ3n) is 4.91. The number of benzene rings is 1. The Balaban J connectivity index is 1.51. The highest BCUT2D eigenvalue weighted by Gasteiger charge is 2.18. The lowest BCUT2D eigenvalue weighted by Gasteiger charge is -2.13. The lowest BCUT2D eigenvalue weighted by Crippen LogP contribution is -2.33. The molecule has 0 radical (unpaired) electrons. The van der Waals surface area contributed by atoms with Crippen molar-refractivity contribution >= 4 is 39.2 Å². The van der Waals surface area contributed by atoms with Gasteiger partial charge in [0.05, 0.1) is 31.0 Å². The molecule has 1 saturated heterocycles. The van der Waals surface area contributed by atoms with Crippen molar-refractivity contribution in [2.45, 2.75) is 30.6 Å². The van der Waals surface area contributed by atoms with E-state index >= 15 is 0 Å². The number of hydrogen-bond acceptors (Lipinski definition) is 7. The number of carbonyl (C=O) groups excluding carboxylic acids is 1. The highest BCUT2D eigenvalue weighted by Crippen LogP contribution is 2.22. The Morgan fingerprint density at radius 2 is 2.20 bits per heavy atom. The SMILES string of the molecule is COc1ccc(Cn2c(SCC(=O)NC[C@H]3CCCO3)nc3ccsc3c2=O)cc1. The molecular formula is C21H23N3O4S2.